The number of aliphatic hydroxyl groups is 1. The molecule has 7 atom stereocenters. The van der Waals surface area contributed by atoms with E-state index in [1.165, 1.54) is 13.2 Å². The van der Waals surface area contributed by atoms with Crippen LogP contribution < -0.4 is 15.0 Å². The van der Waals surface area contributed by atoms with Crippen LogP contribution in [0.5, 0.6) is 5.75 Å². The third kappa shape index (κ3) is 7.27. The average Bonchev–Trinajstić information content (AvgIpc) is 3.70. The second-order valence-corrected chi connectivity index (χ2v) is 16.1. The van der Waals surface area contributed by atoms with E-state index in [-0.39, 0.29) is 25.5 Å². The molecule has 0 saturated carbocycles. The number of fused-ring (bicyclic) bond motifs is 3. The summed E-state index contributed by atoms with van der Waals surface area (Å²) in [6, 6.07) is 25.2. The Morgan fingerprint density at radius 3 is 2.25 bits per heavy atom. The Morgan fingerprint density at radius 1 is 0.932 bits per heavy atom. The number of ether oxygens (including phenoxy) is 4. The van der Waals surface area contributed by atoms with Gasteiger partial charge >= 0.3 is 23.9 Å². The Labute approximate surface area is 355 Å². The minimum absolute atomic E-state index is 0.0255. The molecule has 4 aromatic carbocycles. The quantitative estimate of drug-likeness (QED) is 0.0747. The van der Waals surface area contributed by atoms with Gasteiger partial charge in [0.2, 0.25) is 5.91 Å². The van der Waals surface area contributed by atoms with E-state index in [1.807, 2.05) is 65.6 Å². The summed E-state index contributed by atoms with van der Waals surface area (Å²) in [7, 11) is 1.21. The zero-order valence-electron chi connectivity index (χ0n) is 32.7. The maximum atomic E-state index is 16.1. The summed E-state index contributed by atoms with van der Waals surface area (Å²) in [5.41, 5.74) is 0.289. The lowest BCUT2D eigenvalue weighted by atomic mass is 9.65. The van der Waals surface area contributed by atoms with Crippen molar-refractivity contribution in [2.45, 2.75) is 49.5 Å². The van der Waals surface area contributed by atoms with Gasteiger partial charge in [-0.15, -0.1) is 0 Å². The highest BCUT2D eigenvalue weighted by Crippen LogP contribution is 2.66. The lowest BCUT2D eigenvalue weighted by Crippen LogP contribution is -2.56. The van der Waals surface area contributed by atoms with Crippen molar-refractivity contribution >= 4 is 58.1 Å². The first-order valence-electron chi connectivity index (χ1n) is 19.2. The maximum absolute atomic E-state index is 16.1. The van der Waals surface area contributed by atoms with E-state index in [4.69, 9.17) is 18.9 Å². The maximum Gasteiger partial charge on any atom is 0.329 e. The van der Waals surface area contributed by atoms with Gasteiger partial charge in [0.05, 0.1) is 31.5 Å². The Balaban J connectivity index is 1.56. The van der Waals surface area contributed by atoms with Gasteiger partial charge in [0.15, 0.2) is 0 Å². The number of nitrogens with one attached hydrogen (secondary N) is 1. The summed E-state index contributed by atoms with van der Waals surface area (Å²) in [5, 5.41) is 12.4. The van der Waals surface area contributed by atoms with E-state index in [1.54, 1.807) is 56.3 Å². The SMILES string of the molecule is C=CCOC(=O)[C@@H]1[C@H]2C(=O)O[C@H](c3ccccc3)[C@H](c3ccccc3)N2[C@H](c2cccc(OCCO)c2)[C@@]12C(=O)N(C(=O)N[C@H](C(=O)OC)C(C)C)c1ccc(I)cc12. The number of carbonyl (C=O) groups excluding carboxylic acids is 5. The van der Waals surface area contributed by atoms with Crippen LogP contribution in [0.2, 0.25) is 0 Å². The number of esters is 3. The molecule has 59 heavy (non-hydrogen) atoms. The number of rotatable bonds is 12. The molecular formula is C45H44IN3O10. The van der Waals surface area contributed by atoms with E-state index in [9.17, 15) is 24.3 Å². The van der Waals surface area contributed by atoms with E-state index in [0.717, 1.165) is 10.5 Å². The van der Waals surface area contributed by atoms with E-state index >= 15 is 4.79 Å². The summed E-state index contributed by atoms with van der Waals surface area (Å²) in [5.74, 6) is -4.84. The van der Waals surface area contributed by atoms with Gasteiger partial charge in [0.1, 0.15) is 48.5 Å². The zero-order chi connectivity index (χ0) is 42.0. The van der Waals surface area contributed by atoms with Crippen molar-refractivity contribution in [3.63, 3.8) is 0 Å². The molecule has 0 bridgehead atoms. The second-order valence-electron chi connectivity index (χ2n) is 14.8. The number of cyclic esters (lactones) is 1. The van der Waals surface area contributed by atoms with Gasteiger partial charge in [0.25, 0.3) is 0 Å². The number of carbonyl (C=O) groups is 5. The molecule has 3 aliphatic rings. The van der Waals surface area contributed by atoms with Crippen molar-refractivity contribution in [2.75, 3.05) is 31.8 Å². The Morgan fingerprint density at radius 2 is 1.61 bits per heavy atom. The fourth-order valence-corrected chi connectivity index (χ4v) is 9.33. The van der Waals surface area contributed by atoms with Gasteiger partial charge in [0, 0.05) is 3.57 Å². The average molecular weight is 914 g/mol. The minimum atomic E-state index is -2.04. The van der Waals surface area contributed by atoms with Gasteiger partial charge < -0.3 is 29.4 Å². The van der Waals surface area contributed by atoms with Gasteiger partial charge in [-0.2, -0.15) is 0 Å². The largest absolute Gasteiger partial charge is 0.491 e. The fourth-order valence-electron chi connectivity index (χ4n) is 8.84. The standard InChI is InChI=1S/C45H44IN3O10/c1-5-22-58-40(51)34-37-42(53)59-38(28-15-10-7-11-16-28)36(27-13-8-6-9-14-27)49(37)39(29-17-12-18-31(24-29)57-23-21-50)45(34)32-25-30(46)19-20-33(32)48(43(45)54)44(55)47-35(26(2)3)41(52)56-4/h5-20,24-26,34-39,50H,1,21-23H2,2-4H3,(H,47,55)/t34-,35-,36-,37-,38+,39+,45-/m0/s1. The molecule has 4 aromatic rings. The third-order valence-corrected chi connectivity index (χ3v) is 11.8. The molecule has 3 heterocycles. The molecule has 0 radical (unpaired) electrons. The van der Waals surface area contributed by atoms with Crippen LogP contribution in [0, 0.1) is 15.4 Å². The zero-order valence-corrected chi connectivity index (χ0v) is 34.8. The first-order chi connectivity index (χ1) is 28.5. The van der Waals surface area contributed by atoms with Crippen LogP contribution in [0.15, 0.2) is 116 Å². The molecule has 1 spiro atoms. The number of anilines is 1. The number of morpholine rings is 1. The van der Waals surface area contributed by atoms with Gasteiger partial charge in [-0.05, 0) is 81.1 Å². The number of methoxy groups -OCH3 is 1. The van der Waals surface area contributed by atoms with E-state index in [2.05, 4.69) is 34.5 Å². The molecule has 3 aliphatic heterocycles. The van der Waals surface area contributed by atoms with Crippen molar-refractivity contribution in [3.05, 3.63) is 142 Å². The third-order valence-electron chi connectivity index (χ3n) is 11.2. The first-order valence-corrected chi connectivity index (χ1v) is 20.3. The molecule has 306 valence electrons. The summed E-state index contributed by atoms with van der Waals surface area (Å²) in [6.45, 7) is 6.66. The summed E-state index contributed by atoms with van der Waals surface area (Å²) >= 11 is 2.11. The molecule has 2 saturated heterocycles. The van der Waals surface area contributed by atoms with Crippen molar-refractivity contribution < 1.29 is 48.0 Å². The fraction of sp³-hybridized carbons (Fsp3) is 0.311. The normalized spacial score (nSPS) is 23.9. The lowest BCUT2D eigenvalue weighted by molar-refractivity contribution is -0.180. The monoisotopic (exact) mass is 913 g/mol. The summed E-state index contributed by atoms with van der Waals surface area (Å²) in [6.07, 6.45) is 0.469. The van der Waals surface area contributed by atoms with Crippen molar-refractivity contribution in [1.29, 1.82) is 0 Å². The minimum Gasteiger partial charge on any atom is -0.491 e. The van der Waals surface area contributed by atoms with Crippen LogP contribution in [0.25, 0.3) is 0 Å². The van der Waals surface area contributed by atoms with Crippen LogP contribution in [-0.4, -0.2) is 78.9 Å². The summed E-state index contributed by atoms with van der Waals surface area (Å²) in [4.78, 5) is 76.4. The van der Waals surface area contributed by atoms with Gasteiger partial charge in [-0.25, -0.2) is 14.5 Å². The second kappa shape index (κ2) is 17.3. The lowest BCUT2D eigenvalue weighted by Gasteiger charge is -2.46. The predicted octanol–water partition coefficient (Wildman–Crippen LogP) is 5.96. The predicted molar refractivity (Wildman–Crippen MR) is 224 cm³/mol. The highest BCUT2D eigenvalue weighted by atomic mass is 127. The molecule has 3 amide bonds. The highest BCUT2D eigenvalue weighted by Gasteiger charge is 2.76. The number of hydrogen-bond donors (Lipinski definition) is 2. The molecular weight excluding hydrogens is 869 g/mol. The number of benzene rings is 4. The molecule has 2 fully saturated rings. The van der Waals surface area contributed by atoms with Crippen molar-refractivity contribution in [3.8, 4) is 5.75 Å². The topological polar surface area (TPSA) is 161 Å². The molecule has 14 heteroatoms. The Bertz CT molecular complexity index is 2250. The van der Waals surface area contributed by atoms with Crippen LogP contribution in [0.4, 0.5) is 10.5 Å². The number of hydrogen-bond acceptors (Lipinski definition) is 11. The summed E-state index contributed by atoms with van der Waals surface area (Å²) < 4.78 is 23.8. The number of aliphatic hydroxyl groups excluding tert-OH is 1. The number of urea groups is 1. The van der Waals surface area contributed by atoms with Crippen LogP contribution in [0.1, 0.15) is 54.3 Å². The number of amides is 3. The van der Waals surface area contributed by atoms with E-state index in [0.29, 0.717) is 26.0 Å². The van der Waals surface area contributed by atoms with E-state index < -0.39 is 77.4 Å². The molecule has 7 rings (SSSR count). The van der Waals surface area contributed by atoms with Crippen LogP contribution >= 0.6 is 22.6 Å². The van der Waals surface area contributed by atoms with Crippen molar-refractivity contribution in [2.24, 2.45) is 11.8 Å². The van der Waals surface area contributed by atoms with Crippen LogP contribution in [0.3, 0.4) is 0 Å². The van der Waals surface area contributed by atoms with Gasteiger partial charge in [-0.1, -0.05) is 99.3 Å². The first kappa shape index (κ1) is 41.6. The number of halogens is 1. The Hall–Kier alpha value is -5.58. The molecule has 0 unspecified atom stereocenters. The molecule has 13 nitrogen and oxygen atoms in total. The molecule has 0 aromatic heterocycles. The molecule has 0 aliphatic carbocycles. The highest BCUT2D eigenvalue weighted by molar-refractivity contribution is 14.1. The Kier molecular flexibility index (Phi) is 12.2. The van der Waals surface area contributed by atoms with Gasteiger partial charge in [-0.3, -0.25) is 19.3 Å². The molecule has 2 N–H and O–H groups in total. The number of nitrogens with zero attached hydrogens (tertiary/aromatic N) is 2. The smallest absolute Gasteiger partial charge is 0.329 e. The van der Waals surface area contributed by atoms with Crippen LogP contribution in [-0.2, 0) is 38.8 Å². The van der Waals surface area contributed by atoms with Crippen molar-refractivity contribution in [1.82, 2.24) is 10.2 Å². The number of imide groups is 1.